The highest BCUT2D eigenvalue weighted by molar-refractivity contribution is 5.81. The largest absolute Gasteiger partial charge is 0.434 e. The van der Waals surface area contributed by atoms with Crippen molar-refractivity contribution in [3.8, 4) is 17.0 Å². The standard InChI is InChI=1S/C17H15F5N4O2/c1-9(27)8-23-16-25-24-14(12-3-2-6-26(12)16)11-5-4-10(17(20,21)22)7-13(11)28-15(18)19/h2-7,9,15,27H,8H2,1H3,(H,23,25)/t9-/m1/s1. The van der Waals surface area contributed by atoms with Crippen molar-refractivity contribution in [3.05, 3.63) is 42.1 Å². The summed E-state index contributed by atoms with van der Waals surface area (Å²) in [5, 5.41) is 20.2. The molecule has 0 saturated heterocycles. The van der Waals surface area contributed by atoms with Gasteiger partial charge in [-0.3, -0.25) is 4.40 Å². The van der Waals surface area contributed by atoms with E-state index in [-0.39, 0.29) is 23.8 Å². The van der Waals surface area contributed by atoms with E-state index in [0.29, 0.717) is 11.6 Å². The lowest BCUT2D eigenvalue weighted by Crippen LogP contribution is -2.18. The SMILES string of the molecule is C[C@@H](O)CNc1nnc(-c2ccc(C(F)(F)F)cc2OC(F)F)c2cccn12. The van der Waals surface area contributed by atoms with Crippen LogP contribution in [0.4, 0.5) is 27.9 Å². The lowest BCUT2D eigenvalue weighted by atomic mass is 10.1. The van der Waals surface area contributed by atoms with Gasteiger partial charge in [-0.05, 0) is 37.3 Å². The van der Waals surface area contributed by atoms with Crippen LogP contribution >= 0.6 is 0 Å². The van der Waals surface area contributed by atoms with Crippen LogP contribution in [0.2, 0.25) is 0 Å². The first-order valence-corrected chi connectivity index (χ1v) is 8.09. The lowest BCUT2D eigenvalue weighted by molar-refractivity contribution is -0.138. The van der Waals surface area contributed by atoms with E-state index in [0.717, 1.165) is 12.1 Å². The Hall–Kier alpha value is -2.95. The van der Waals surface area contributed by atoms with E-state index in [9.17, 15) is 27.1 Å². The van der Waals surface area contributed by atoms with Crippen LogP contribution in [0.1, 0.15) is 12.5 Å². The Labute approximate surface area is 155 Å². The van der Waals surface area contributed by atoms with E-state index in [1.54, 1.807) is 25.3 Å². The third-order valence-electron chi connectivity index (χ3n) is 3.80. The monoisotopic (exact) mass is 402 g/mol. The van der Waals surface area contributed by atoms with Crippen molar-refractivity contribution in [2.75, 3.05) is 11.9 Å². The number of aliphatic hydroxyl groups is 1. The number of hydrogen-bond acceptors (Lipinski definition) is 5. The predicted molar refractivity (Wildman–Crippen MR) is 90.2 cm³/mol. The fraction of sp³-hybridized carbons (Fsp3) is 0.294. The molecule has 11 heteroatoms. The molecule has 0 fully saturated rings. The number of nitrogens with zero attached hydrogens (tertiary/aromatic N) is 3. The van der Waals surface area contributed by atoms with Gasteiger partial charge in [0.15, 0.2) is 0 Å². The van der Waals surface area contributed by atoms with Gasteiger partial charge in [-0.1, -0.05) is 0 Å². The summed E-state index contributed by atoms with van der Waals surface area (Å²) < 4.78 is 70.2. The average molecular weight is 402 g/mol. The van der Waals surface area contributed by atoms with Crippen molar-refractivity contribution in [2.45, 2.75) is 25.8 Å². The number of hydrogen-bond donors (Lipinski definition) is 2. The lowest BCUT2D eigenvalue weighted by Gasteiger charge is -2.15. The molecular weight excluding hydrogens is 387 g/mol. The minimum absolute atomic E-state index is 0.0634. The van der Waals surface area contributed by atoms with E-state index in [1.165, 1.54) is 4.40 Å². The summed E-state index contributed by atoms with van der Waals surface area (Å²) in [7, 11) is 0. The molecule has 0 radical (unpaired) electrons. The molecule has 1 atom stereocenters. The Balaban J connectivity index is 2.11. The highest BCUT2D eigenvalue weighted by Gasteiger charge is 2.32. The summed E-state index contributed by atoms with van der Waals surface area (Å²) in [5.41, 5.74) is -0.716. The number of anilines is 1. The summed E-state index contributed by atoms with van der Waals surface area (Å²) in [4.78, 5) is 0. The Morgan fingerprint density at radius 3 is 2.61 bits per heavy atom. The summed E-state index contributed by atoms with van der Waals surface area (Å²) in [6, 6.07) is 5.51. The number of alkyl halides is 5. The molecule has 0 bridgehead atoms. The molecule has 6 nitrogen and oxygen atoms in total. The predicted octanol–water partition coefficient (Wildman–Crippen LogP) is 3.81. The summed E-state index contributed by atoms with van der Waals surface area (Å²) >= 11 is 0. The van der Waals surface area contributed by atoms with Crippen molar-refractivity contribution < 1.29 is 31.8 Å². The highest BCUT2D eigenvalue weighted by atomic mass is 19.4. The number of aromatic nitrogens is 3. The topological polar surface area (TPSA) is 71.7 Å². The van der Waals surface area contributed by atoms with Gasteiger partial charge in [-0.2, -0.15) is 22.0 Å². The molecule has 3 rings (SSSR count). The van der Waals surface area contributed by atoms with Crippen LogP contribution in [0.5, 0.6) is 5.75 Å². The van der Waals surface area contributed by atoms with Crippen LogP contribution in [-0.4, -0.2) is 39.0 Å². The van der Waals surface area contributed by atoms with Crippen LogP contribution in [-0.2, 0) is 6.18 Å². The van der Waals surface area contributed by atoms with Gasteiger partial charge in [0.1, 0.15) is 11.4 Å². The zero-order valence-corrected chi connectivity index (χ0v) is 14.4. The quantitative estimate of drug-likeness (QED) is 0.614. The van der Waals surface area contributed by atoms with Gasteiger partial charge in [0.2, 0.25) is 5.95 Å². The van der Waals surface area contributed by atoms with Crippen molar-refractivity contribution in [2.24, 2.45) is 0 Å². The number of rotatable bonds is 6. The number of nitrogens with one attached hydrogen (secondary N) is 1. The van der Waals surface area contributed by atoms with E-state index in [1.807, 2.05) is 0 Å². The number of halogens is 5. The normalized spacial score (nSPS) is 13.1. The summed E-state index contributed by atoms with van der Waals surface area (Å²) in [6.07, 6.45) is -3.77. The van der Waals surface area contributed by atoms with Crippen molar-refractivity contribution >= 4 is 11.5 Å². The van der Waals surface area contributed by atoms with Crippen molar-refractivity contribution in [1.82, 2.24) is 14.6 Å². The first-order valence-electron chi connectivity index (χ1n) is 8.09. The number of ether oxygens (including phenoxy) is 1. The Morgan fingerprint density at radius 2 is 1.96 bits per heavy atom. The second-order valence-electron chi connectivity index (χ2n) is 5.95. The van der Waals surface area contributed by atoms with Gasteiger partial charge >= 0.3 is 12.8 Å². The zero-order chi connectivity index (χ0) is 20.5. The maximum atomic E-state index is 12.9. The number of aliphatic hydroxyl groups excluding tert-OH is 1. The maximum Gasteiger partial charge on any atom is 0.416 e. The van der Waals surface area contributed by atoms with Gasteiger partial charge in [0.25, 0.3) is 0 Å². The molecule has 3 aromatic rings. The summed E-state index contributed by atoms with van der Waals surface area (Å²) in [6.45, 7) is -1.57. The molecule has 0 saturated carbocycles. The first kappa shape index (κ1) is 19.8. The van der Waals surface area contributed by atoms with Gasteiger partial charge < -0.3 is 15.2 Å². The van der Waals surface area contributed by atoms with Gasteiger partial charge in [0, 0.05) is 18.3 Å². The average Bonchev–Trinajstić information content (AvgIpc) is 3.08. The van der Waals surface area contributed by atoms with Gasteiger partial charge in [-0.15, -0.1) is 10.2 Å². The third-order valence-corrected chi connectivity index (χ3v) is 3.80. The van der Waals surface area contributed by atoms with Crippen molar-refractivity contribution in [3.63, 3.8) is 0 Å². The second-order valence-corrected chi connectivity index (χ2v) is 5.95. The summed E-state index contributed by atoms with van der Waals surface area (Å²) in [5.74, 6) is -0.389. The molecule has 28 heavy (non-hydrogen) atoms. The zero-order valence-electron chi connectivity index (χ0n) is 14.4. The molecular formula is C17H15F5N4O2. The third kappa shape index (κ3) is 4.14. The van der Waals surface area contributed by atoms with E-state index < -0.39 is 30.2 Å². The Morgan fingerprint density at radius 1 is 1.21 bits per heavy atom. The minimum atomic E-state index is -4.72. The van der Waals surface area contributed by atoms with Crippen LogP contribution in [0, 0.1) is 0 Å². The minimum Gasteiger partial charge on any atom is -0.434 e. The van der Waals surface area contributed by atoms with Crippen LogP contribution < -0.4 is 10.1 Å². The fourth-order valence-electron chi connectivity index (χ4n) is 2.59. The van der Waals surface area contributed by atoms with E-state index in [2.05, 4.69) is 20.3 Å². The second kappa shape index (κ2) is 7.58. The van der Waals surface area contributed by atoms with Gasteiger partial charge in [-0.25, -0.2) is 0 Å². The molecule has 0 spiro atoms. The van der Waals surface area contributed by atoms with E-state index in [4.69, 9.17) is 0 Å². The molecule has 2 heterocycles. The smallest absolute Gasteiger partial charge is 0.416 e. The molecule has 0 amide bonds. The van der Waals surface area contributed by atoms with Gasteiger partial charge in [0.05, 0.1) is 17.2 Å². The highest BCUT2D eigenvalue weighted by Crippen LogP contribution is 2.38. The molecule has 0 aliphatic rings. The molecule has 150 valence electrons. The molecule has 2 N–H and O–H groups in total. The van der Waals surface area contributed by atoms with Crippen LogP contribution in [0.25, 0.3) is 16.8 Å². The molecule has 0 aliphatic carbocycles. The fourth-order valence-corrected chi connectivity index (χ4v) is 2.59. The molecule has 2 aromatic heterocycles. The maximum absolute atomic E-state index is 12.9. The van der Waals surface area contributed by atoms with Crippen molar-refractivity contribution in [1.29, 1.82) is 0 Å². The van der Waals surface area contributed by atoms with E-state index >= 15 is 0 Å². The Bertz CT molecular complexity index is 972. The molecule has 1 aromatic carbocycles. The first-order chi connectivity index (χ1) is 13.2. The number of benzene rings is 1. The Kier molecular flexibility index (Phi) is 5.36. The molecule has 0 aliphatic heterocycles. The van der Waals surface area contributed by atoms with Crippen LogP contribution in [0.3, 0.4) is 0 Å². The number of fused-ring (bicyclic) bond motifs is 1. The van der Waals surface area contributed by atoms with Crippen LogP contribution in [0.15, 0.2) is 36.5 Å². The molecule has 0 unspecified atom stereocenters.